The summed E-state index contributed by atoms with van der Waals surface area (Å²) in [6.07, 6.45) is 0. The molecule has 0 aliphatic carbocycles. The van der Waals surface area contributed by atoms with E-state index < -0.39 is 4.92 Å². The Hall–Kier alpha value is -1.82. The van der Waals surface area contributed by atoms with Gasteiger partial charge in [-0.1, -0.05) is 0 Å². The molecule has 1 aromatic carbocycles. The van der Waals surface area contributed by atoms with Crippen LogP contribution in [0.4, 0.5) is 17.1 Å². The van der Waals surface area contributed by atoms with Crippen LogP contribution in [0.25, 0.3) is 0 Å². The fourth-order valence-electron chi connectivity index (χ4n) is 1.85. The zero-order valence-corrected chi connectivity index (χ0v) is 8.85. The molecule has 1 aliphatic heterocycles. The zero-order valence-electron chi connectivity index (χ0n) is 8.85. The first-order valence-corrected chi connectivity index (χ1v) is 5.18. The molecule has 0 unspecified atom stereocenters. The Morgan fingerprint density at radius 2 is 2.06 bits per heavy atom. The average molecular weight is 222 g/mol. The van der Waals surface area contributed by atoms with Crippen molar-refractivity contribution < 1.29 is 4.92 Å². The highest BCUT2D eigenvalue weighted by molar-refractivity contribution is 5.70. The fourth-order valence-corrected chi connectivity index (χ4v) is 1.85. The Morgan fingerprint density at radius 3 is 2.62 bits per heavy atom. The Morgan fingerprint density at radius 1 is 1.38 bits per heavy atom. The Kier molecular flexibility index (Phi) is 2.91. The lowest BCUT2D eigenvalue weighted by atomic mass is 10.2. The molecule has 1 fully saturated rings. The molecule has 6 heteroatoms. The molecule has 0 bridgehead atoms. The van der Waals surface area contributed by atoms with E-state index in [0.717, 1.165) is 31.9 Å². The molecular weight excluding hydrogens is 208 g/mol. The van der Waals surface area contributed by atoms with E-state index in [1.165, 1.54) is 12.1 Å². The average Bonchev–Trinajstić information content (AvgIpc) is 2.30. The van der Waals surface area contributed by atoms with Gasteiger partial charge in [0.1, 0.15) is 0 Å². The van der Waals surface area contributed by atoms with Gasteiger partial charge in [-0.25, -0.2) is 0 Å². The number of nitro groups is 1. The van der Waals surface area contributed by atoms with Crippen LogP contribution < -0.4 is 16.0 Å². The predicted octanol–water partition coefficient (Wildman–Crippen LogP) is 0.587. The van der Waals surface area contributed by atoms with Crippen LogP contribution >= 0.6 is 0 Å². The number of anilines is 2. The number of nitrogens with two attached hydrogens (primary N) is 1. The Balaban J connectivity index is 2.24. The molecule has 0 amide bonds. The quantitative estimate of drug-likeness (QED) is 0.434. The standard InChI is InChI=1S/C10H14N4O2/c11-9-7-8(14(15)16)1-2-10(9)13-5-3-12-4-6-13/h1-2,7,12H,3-6,11H2. The van der Waals surface area contributed by atoms with Gasteiger partial charge in [0.05, 0.1) is 16.3 Å². The summed E-state index contributed by atoms with van der Waals surface area (Å²) in [5, 5.41) is 13.8. The molecule has 0 aromatic heterocycles. The Labute approximate surface area is 93.2 Å². The highest BCUT2D eigenvalue weighted by Gasteiger charge is 2.15. The smallest absolute Gasteiger partial charge is 0.271 e. The van der Waals surface area contributed by atoms with E-state index in [1.807, 2.05) is 0 Å². The van der Waals surface area contributed by atoms with Crippen LogP contribution in [-0.2, 0) is 0 Å². The maximum atomic E-state index is 10.6. The first-order valence-electron chi connectivity index (χ1n) is 5.18. The number of nitrogens with one attached hydrogen (secondary N) is 1. The molecule has 3 N–H and O–H groups in total. The number of rotatable bonds is 2. The van der Waals surface area contributed by atoms with Gasteiger partial charge >= 0.3 is 0 Å². The van der Waals surface area contributed by atoms with Gasteiger partial charge in [0, 0.05) is 38.3 Å². The molecule has 1 aliphatic rings. The third-order valence-corrected chi connectivity index (χ3v) is 2.68. The lowest BCUT2D eigenvalue weighted by molar-refractivity contribution is -0.384. The third kappa shape index (κ3) is 2.06. The second-order valence-corrected chi connectivity index (χ2v) is 3.74. The monoisotopic (exact) mass is 222 g/mol. The molecule has 2 rings (SSSR count). The van der Waals surface area contributed by atoms with E-state index in [-0.39, 0.29) is 5.69 Å². The van der Waals surface area contributed by atoms with Gasteiger partial charge in [0.25, 0.3) is 5.69 Å². The molecule has 0 saturated carbocycles. The molecule has 1 saturated heterocycles. The van der Waals surface area contributed by atoms with Crippen LogP contribution in [0.5, 0.6) is 0 Å². The predicted molar refractivity (Wildman–Crippen MR) is 62.6 cm³/mol. The molecule has 86 valence electrons. The minimum atomic E-state index is -0.433. The van der Waals surface area contributed by atoms with Gasteiger partial charge in [-0.05, 0) is 6.07 Å². The SMILES string of the molecule is Nc1cc([N+](=O)[O-])ccc1N1CCNCC1. The van der Waals surface area contributed by atoms with E-state index in [4.69, 9.17) is 5.73 Å². The van der Waals surface area contributed by atoms with E-state index in [1.54, 1.807) is 6.07 Å². The first kappa shape index (κ1) is 10.7. The molecule has 1 aromatic rings. The van der Waals surface area contributed by atoms with Crippen molar-refractivity contribution in [2.24, 2.45) is 0 Å². The minimum Gasteiger partial charge on any atom is -0.397 e. The van der Waals surface area contributed by atoms with E-state index in [9.17, 15) is 10.1 Å². The van der Waals surface area contributed by atoms with Crippen molar-refractivity contribution in [1.29, 1.82) is 0 Å². The molecule has 6 nitrogen and oxygen atoms in total. The molecule has 0 radical (unpaired) electrons. The maximum Gasteiger partial charge on any atom is 0.271 e. The normalized spacial score (nSPS) is 16.1. The van der Waals surface area contributed by atoms with Gasteiger partial charge in [-0.3, -0.25) is 10.1 Å². The topological polar surface area (TPSA) is 84.4 Å². The number of piperazine rings is 1. The van der Waals surface area contributed by atoms with Crippen molar-refractivity contribution in [1.82, 2.24) is 5.32 Å². The highest BCUT2D eigenvalue weighted by Crippen LogP contribution is 2.27. The second kappa shape index (κ2) is 4.36. The summed E-state index contributed by atoms with van der Waals surface area (Å²) in [5.74, 6) is 0. The lowest BCUT2D eigenvalue weighted by Crippen LogP contribution is -2.43. The Bertz CT molecular complexity index is 402. The minimum absolute atomic E-state index is 0.0383. The van der Waals surface area contributed by atoms with Crippen molar-refractivity contribution in [2.75, 3.05) is 36.8 Å². The van der Waals surface area contributed by atoms with Crippen molar-refractivity contribution in [3.8, 4) is 0 Å². The second-order valence-electron chi connectivity index (χ2n) is 3.74. The number of nitrogens with zero attached hydrogens (tertiary/aromatic N) is 2. The van der Waals surface area contributed by atoms with E-state index in [0.29, 0.717) is 5.69 Å². The van der Waals surface area contributed by atoms with Gasteiger partial charge in [0.15, 0.2) is 0 Å². The summed E-state index contributed by atoms with van der Waals surface area (Å²) in [6, 6.07) is 4.63. The van der Waals surface area contributed by atoms with Crippen molar-refractivity contribution in [2.45, 2.75) is 0 Å². The largest absolute Gasteiger partial charge is 0.397 e. The van der Waals surface area contributed by atoms with Crippen LogP contribution in [-0.4, -0.2) is 31.1 Å². The van der Waals surface area contributed by atoms with Crippen LogP contribution in [0.3, 0.4) is 0 Å². The van der Waals surface area contributed by atoms with Crippen molar-refractivity contribution >= 4 is 17.1 Å². The van der Waals surface area contributed by atoms with Crippen molar-refractivity contribution in [3.05, 3.63) is 28.3 Å². The lowest BCUT2D eigenvalue weighted by Gasteiger charge is -2.30. The summed E-state index contributed by atoms with van der Waals surface area (Å²) in [4.78, 5) is 12.3. The number of non-ortho nitro benzene ring substituents is 1. The number of nitro benzene ring substituents is 1. The van der Waals surface area contributed by atoms with Gasteiger partial charge < -0.3 is 16.0 Å². The molecular formula is C10H14N4O2. The summed E-state index contributed by atoms with van der Waals surface area (Å²) in [5.41, 5.74) is 7.21. The molecule has 0 spiro atoms. The van der Waals surface area contributed by atoms with Crippen LogP contribution in [0.15, 0.2) is 18.2 Å². The number of nitrogen functional groups attached to an aromatic ring is 1. The van der Waals surface area contributed by atoms with Crippen LogP contribution in [0.2, 0.25) is 0 Å². The number of hydrogen-bond donors (Lipinski definition) is 2. The molecule has 1 heterocycles. The maximum absolute atomic E-state index is 10.6. The molecule has 0 atom stereocenters. The summed E-state index contributed by atoms with van der Waals surface area (Å²) in [7, 11) is 0. The van der Waals surface area contributed by atoms with Crippen molar-refractivity contribution in [3.63, 3.8) is 0 Å². The zero-order chi connectivity index (χ0) is 11.5. The van der Waals surface area contributed by atoms with Gasteiger partial charge in [0.2, 0.25) is 0 Å². The number of benzene rings is 1. The third-order valence-electron chi connectivity index (χ3n) is 2.68. The summed E-state index contributed by atoms with van der Waals surface area (Å²) in [6.45, 7) is 3.58. The first-order chi connectivity index (χ1) is 7.68. The summed E-state index contributed by atoms with van der Waals surface area (Å²) < 4.78 is 0. The van der Waals surface area contributed by atoms with E-state index in [2.05, 4.69) is 10.2 Å². The summed E-state index contributed by atoms with van der Waals surface area (Å²) >= 11 is 0. The van der Waals surface area contributed by atoms with Gasteiger partial charge in [-0.15, -0.1) is 0 Å². The fraction of sp³-hybridized carbons (Fsp3) is 0.400. The van der Waals surface area contributed by atoms with Crippen LogP contribution in [0, 0.1) is 10.1 Å². The van der Waals surface area contributed by atoms with Crippen LogP contribution in [0.1, 0.15) is 0 Å². The van der Waals surface area contributed by atoms with E-state index >= 15 is 0 Å². The molecule has 16 heavy (non-hydrogen) atoms. The highest BCUT2D eigenvalue weighted by atomic mass is 16.6. The van der Waals surface area contributed by atoms with Gasteiger partial charge in [-0.2, -0.15) is 0 Å². The number of hydrogen-bond acceptors (Lipinski definition) is 5.